The standard InChI is InChI=1S/C16H34N2O2/c1-5-6-7-9-12-20-13-10-8-11-16(4,15(17)19)18-14(2)3/h14,18H,5-13H2,1-4H3,(H2,17,19). The molecule has 4 heteroatoms. The summed E-state index contributed by atoms with van der Waals surface area (Å²) in [6.45, 7) is 9.80. The van der Waals surface area contributed by atoms with E-state index in [1.165, 1.54) is 19.3 Å². The van der Waals surface area contributed by atoms with E-state index in [0.717, 1.165) is 38.9 Å². The highest BCUT2D eigenvalue weighted by molar-refractivity contribution is 5.84. The van der Waals surface area contributed by atoms with Crippen LogP contribution in [0.4, 0.5) is 0 Å². The molecule has 0 spiro atoms. The van der Waals surface area contributed by atoms with E-state index in [2.05, 4.69) is 12.2 Å². The smallest absolute Gasteiger partial charge is 0.237 e. The number of carbonyl (C=O) groups is 1. The first-order valence-corrected chi connectivity index (χ1v) is 8.07. The summed E-state index contributed by atoms with van der Waals surface area (Å²) in [4.78, 5) is 11.6. The average molecular weight is 286 g/mol. The number of rotatable bonds is 13. The maximum atomic E-state index is 11.6. The molecule has 0 radical (unpaired) electrons. The third-order valence-electron chi connectivity index (χ3n) is 3.51. The van der Waals surface area contributed by atoms with Crippen molar-refractivity contribution in [3.8, 4) is 0 Å². The fourth-order valence-electron chi connectivity index (χ4n) is 2.32. The second-order valence-corrected chi connectivity index (χ2v) is 6.13. The minimum Gasteiger partial charge on any atom is -0.381 e. The second-order valence-electron chi connectivity index (χ2n) is 6.13. The molecule has 0 aliphatic heterocycles. The van der Waals surface area contributed by atoms with Gasteiger partial charge in [0.2, 0.25) is 5.91 Å². The van der Waals surface area contributed by atoms with Gasteiger partial charge in [-0.15, -0.1) is 0 Å². The molecule has 0 aromatic heterocycles. The number of nitrogens with one attached hydrogen (secondary N) is 1. The van der Waals surface area contributed by atoms with Crippen LogP contribution in [-0.4, -0.2) is 30.7 Å². The van der Waals surface area contributed by atoms with Gasteiger partial charge in [-0.1, -0.05) is 26.2 Å². The molecular weight excluding hydrogens is 252 g/mol. The maximum absolute atomic E-state index is 11.6. The summed E-state index contributed by atoms with van der Waals surface area (Å²) < 4.78 is 5.60. The second kappa shape index (κ2) is 11.1. The zero-order valence-corrected chi connectivity index (χ0v) is 13.8. The Hall–Kier alpha value is -0.610. The van der Waals surface area contributed by atoms with Crippen molar-refractivity contribution in [2.24, 2.45) is 5.73 Å². The molecule has 4 nitrogen and oxygen atoms in total. The van der Waals surface area contributed by atoms with E-state index in [-0.39, 0.29) is 11.9 Å². The molecule has 0 aliphatic rings. The molecule has 3 N–H and O–H groups in total. The van der Waals surface area contributed by atoms with Crippen molar-refractivity contribution in [3.05, 3.63) is 0 Å². The quantitative estimate of drug-likeness (QED) is 0.512. The summed E-state index contributed by atoms with van der Waals surface area (Å²) >= 11 is 0. The summed E-state index contributed by atoms with van der Waals surface area (Å²) in [5.74, 6) is -0.272. The minimum atomic E-state index is -0.602. The van der Waals surface area contributed by atoms with Crippen LogP contribution in [0.2, 0.25) is 0 Å². The van der Waals surface area contributed by atoms with Gasteiger partial charge in [0.25, 0.3) is 0 Å². The van der Waals surface area contributed by atoms with E-state index in [4.69, 9.17) is 10.5 Å². The Morgan fingerprint density at radius 1 is 1.15 bits per heavy atom. The summed E-state index contributed by atoms with van der Waals surface area (Å²) in [7, 11) is 0. The highest BCUT2D eigenvalue weighted by Crippen LogP contribution is 2.14. The van der Waals surface area contributed by atoms with Gasteiger partial charge in [-0.3, -0.25) is 4.79 Å². The van der Waals surface area contributed by atoms with Gasteiger partial charge >= 0.3 is 0 Å². The predicted molar refractivity (Wildman–Crippen MR) is 84.7 cm³/mol. The third kappa shape index (κ3) is 9.32. The van der Waals surface area contributed by atoms with E-state index < -0.39 is 5.54 Å². The summed E-state index contributed by atoms with van der Waals surface area (Å²) in [5.41, 5.74) is 4.89. The maximum Gasteiger partial charge on any atom is 0.237 e. The minimum absolute atomic E-state index is 0.252. The molecule has 0 bridgehead atoms. The Morgan fingerprint density at radius 2 is 1.75 bits per heavy atom. The van der Waals surface area contributed by atoms with Crippen molar-refractivity contribution >= 4 is 5.91 Å². The van der Waals surface area contributed by atoms with Gasteiger partial charge in [0.15, 0.2) is 0 Å². The van der Waals surface area contributed by atoms with Crippen LogP contribution in [-0.2, 0) is 9.53 Å². The van der Waals surface area contributed by atoms with E-state index >= 15 is 0 Å². The molecule has 0 fully saturated rings. The van der Waals surface area contributed by atoms with E-state index in [1.54, 1.807) is 0 Å². The lowest BCUT2D eigenvalue weighted by atomic mass is 9.93. The molecule has 1 atom stereocenters. The third-order valence-corrected chi connectivity index (χ3v) is 3.51. The van der Waals surface area contributed by atoms with E-state index in [1.807, 2.05) is 20.8 Å². The molecule has 1 amide bonds. The first-order chi connectivity index (χ1) is 9.42. The van der Waals surface area contributed by atoms with Gasteiger partial charge in [-0.25, -0.2) is 0 Å². The van der Waals surface area contributed by atoms with E-state index in [0.29, 0.717) is 0 Å². The van der Waals surface area contributed by atoms with Gasteiger partial charge < -0.3 is 15.8 Å². The molecule has 1 unspecified atom stereocenters. The monoisotopic (exact) mass is 286 g/mol. The molecule has 0 aromatic carbocycles. The number of nitrogens with two attached hydrogens (primary N) is 1. The lowest BCUT2D eigenvalue weighted by Crippen LogP contribution is -2.55. The SMILES string of the molecule is CCCCCCOCCCCC(C)(NC(C)C)C(N)=O. The number of ether oxygens (including phenoxy) is 1. The summed E-state index contributed by atoms with van der Waals surface area (Å²) in [6, 6.07) is 0.252. The summed E-state index contributed by atoms with van der Waals surface area (Å²) in [5, 5.41) is 3.27. The Kier molecular flexibility index (Phi) is 10.8. The summed E-state index contributed by atoms with van der Waals surface area (Å²) in [6.07, 6.45) is 7.66. The van der Waals surface area contributed by atoms with Crippen molar-refractivity contribution < 1.29 is 9.53 Å². The van der Waals surface area contributed by atoms with Crippen molar-refractivity contribution in [2.45, 2.75) is 84.2 Å². The first kappa shape index (κ1) is 19.4. The Balaban J connectivity index is 3.67. The zero-order valence-electron chi connectivity index (χ0n) is 13.8. The molecule has 0 aliphatic carbocycles. The van der Waals surface area contributed by atoms with Crippen LogP contribution < -0.4 is 11.1 Å². The zero-order chi connectivity index (χ0) is 15.4. The van der Waals surface area contributed by atoms with Crippen LogP contribution in [0, 0.1) is 0 Å². The number of amides is 1. The lowest BCUT2D eigenvalue weighted by Gasteiger charge is -2.29. The van der Waals surface area contributed by atoms with Gasteiger partial charge in [0.05, 0.1) is 5.54 Å². The van der Waals surface area contributed by atoms with Crippen LogP contribution in [0.5, 0.6) is 0 Å². The molecule has 0 rings (SSSR count). The number of hydrogen-bond donors (Lipinski definition) is 2. The van der Waals surface area contributed by atoms with Gasteiger partial charge in [0.1, 0.15) is 0 Å². The van der Waals surface area contributed by atoms with Crippen LogP contribution in [0.1, 0.15) is 72.6 Å². The van der Waals surface area contributed by atoms with E-state index in [9.17, 15) is 4.79 Å². The largest absolute Gasteiger partial charge is 0.381 e. The molecular formula is C16H34N2O2. The molecule has 0 saturated heterocycles. The van der Waals surface area contributed by atoms with Crippen LogP contribution in [0.3, 0.4) is 0 Å². The molecule has 120 valence electrons. The van der Waals surface area contributed by atoms with Crippen molar-refractivity contribution in [1.82, 2.24) is 5.32 Å². The fraction of sp³-hybridized carbons (Fsp3) is 0.938. The van der Waals surface area contributed by atoms with Gasteiger partial charge in [0, 0.05) is 19.3 Å². The number of unbranched alkanes of at least 4 members (excludes halogenated alkanes) is 4. The first-order valence-electron chi connectivity index (χ1n) is 8.07. The topological polar surface area (TPSA) is 64.3 Å². The van der Waals surface area contributed by atoms with Gasteiger partial charge in [-0.2, -0.15) is 0 Å². The highest BCUT2D eigenvalue weighted by Gasteiger charge is 2.30. The molecule has 0 saturated carbocycles. The predicted octanol–water partition coefficient (Wildman–Crippen LogP) is 3.00. The number of hydrogen-bond acceptors (Lipinski definition) is 3. The van der Waals surface area contributed by atoms with Crippen LogP contribution in [0.25, 0.3) is 0 Å². The Labute approximate surface area is 124 Å². The lowest BCUT2D eigenvalue weighted by molar-refractivity contribution is -0.124. The Bertz CT molecular complexity index is 257. The highest BCUT2D eigenvalue weighted by atomic mass is 16.5. The van der Waals surface area contributed by atoms with Crippen LogP contribution >= 0.6 is 0 Å². The molecule has 0 heterocycles. The fourth-order valence-corrected chi connectivity index (χ4v) is 2.32. The number of primary amides is 1. The van der Waals surface area contributed by atoms with Crippen LogP contribution in [0.15, 0.2) is 0 Å². The molecule has 0 aromatic rings. The average Bonchev–Trinajstić information content (AvgIpc) is 2.35. The van der Waals surface area contributed by atoms with Gasteiger partial charge in [-0.05, 0) is 46.5 Å². The Morgan fingerprint density at radius 3 is 2.25 bits per heavy atom. The number of carbonyl (C=O) groups excluding carboxylic acids is 1. The molecule has 20 heavy (non-hydrogen) atoms. The van der Waals surface area contributed by atoms with Crippen molar-refractivity contribution in [3.63, 3.8) is 0 Å². The van der Waals surface area contributed by atoms with Crippen molar-refractivity contribution in [2.75, 3.05) is 13.2 Å². The normalized spacial score (nSPS) is 14.4. The van der Waals surface area contributed by atoms with Crippen molar-refractivity contribution in [1.29, 1.82) is 0 Å².